The Labute approximate surface area is 228 Å². The van der Waals surface area contributed by atoms with Gasteiger partial charge in [-0.15, -0.1) is 11.3 Å². The van der Waals surface area contributed by atoms with Crippen LogP contribution < -0.4 is 14.4 Å². The van der Waals surface area contributed by atoms with Gasteiger partial charge < -0.3 is 10.1 Å². The second-order valence-electron chi connectivity index (χ2n) is 7.84. The molecule has 0 fully saturated rings. The van der Waals surface area contributed by atoms with Gasteiger partial charge in [0.15, 0.2) is 0 Å². The van der Waals surface area contributed by atoms with Crippen LogP contribution in [0, 0.1) is 5.82 Å². The van der Waals surface area contributed by atoms with Crippen LogP contribution in [0.5, 0.6) is 5.75 Å². The first-order valence-corrected chi connectivity index (χ1v) is 13.7. The van der Waals surface area contributed by atoms with E-state index in [2.05, 4.69) is 15.3 Å². The van der Waals surface area contributed by atoms with E-state index in [1.807, 2.05) is 24.3 Å². The Bertz CT molecular complexity index is 1450. The highest BCUT2D eigenvalue weighted by molar-refractivity contribution is 7.80. The Morgan fingerprint density at radius 1 is 1.19 bits per heavy atom. The summed E-state index contributed by atoms with van der Waals surface area (Å²) >= 11 is 11.2. The number of carbonyl (C=O) groups excluding carboxylic acids is 1. The number of rotatable bonds is 10. The molecular formula is C24H21Cl2FN4O4S2. The molecule has 1 amide bonds. The summed E-state index contributed by atoms with van der Waals surface area (Å²) in [4.78, 5) is 20.9. The molecule has 4 aromatic rings. The first-order valence-electron chi connectivity index (χ1n) is 11.0. The van der Waals surface area contributed by atoms with Gasteiger partial charge in [-0.3, -0.25) is 13.7 Å². The summed E-state index contributed by atoms with van der Waals surface area (Å²) in [6.45, 7) is 0.183. The van der Waals surface area contributed by atoms with Gasteiger partial charge in [-0.05, 0) is 49.1 Å². The summed E-state index contributed by atoms with van der Waals surface area (Å²) in [6.07, 6.45) is 3.29. The number of methoxy groups -OCH3 is 1. The van der Waals surface area contributed by atoms with Gasteiger partial charge in [-0.1, -0.05) is 35.3 Å². The monoisotopic (exact) mass is 582 g/mol. The number of anilines is 2. The second kappa shape index (κ2) is 12.1. The third-order valence-corrected chi connectivity index (χ3v) is 8.07. The molecule has 0 saturated carbocycles. The largest absolute Gasteiger partial charge is 0.497 e. The summed E-state index contributed by atoms with van der Waals surface area (Å²) in [7, 11) is 1.60. The highest BCUT2D eigenvalue weighted by Crippen LogP contribution is 2.37. The molecule has 194 valence electrons. The van der Waals surface area contributed by atoms with Crippen LogP contribution in [0.3, 0.4) is 0 Å². The van der Waals surface area contributed by atoms with Crippen LogP contribution >= 0.6 is 34.5 Å². The Morgan fingerprint density at radius 3 is 2.65 bits per heavy atom. The average molecular weight is 583 g/mol. The molecule has 2 aromatic carbocycles. The molecule has 37 heavy (non-hydrogen) atoms. The predicted octanol–water partition coefficient (Wildman–Crippen LogP) is 6.36. The van der Waals surface area contributed by atoms with Crippen molar-refractivity contribution in [3.8, 4) is 5.75 Å². The number of carbonyl (C=O) groups is 1. The number of amides is 1. The van der Waals surface area contributed by atoms with E-state index in [1.165, 1.54) is 29.1 Å². The molecule has 0 aliphatic rings. The van der Waals surface area contributed by atoms with Crippen LogP contribution in [0.1, 0.15) is 28.8 Å². The molecule has 8 nitrogen and oxygen atoms in total. The summed E-state index contributed by atoms with van der Waals surface area (Å²) < 4.78 is 43.6. The van der Waals surface area contributed by atoms with Crippen molar-refractivity contribution < 1.29 is 22.7 Å². The topological polar surface area (TPSA) is 105 Å². The fourth-order valence-electron chi connectivity index (χ4n) is 3.67. The summed E-state index contributed by atoms with van der Waals surface area (Å²) in [5.74, 6) is -0.684. The molecule has 0 aliphatic carbocycles. The number of thiophene rings is 1. The predicted molar refractivity (Wildman–Crippen MR) is 146 cm³/mol. The number of aromatic nitrogens is 2. The third-order valence-electron chi connectivity index (χ3n) is 5.56. The Balaban J connectivity index is 1.49. The van der Waals surface area contributed by atoms with E-state index >= 15 is 0 Å². The van der Waals surface area contributed by atoms with E-state index in [0.29, 0.717) is 16.6 Å². The minimum atomic E-state index is -2.43. The maximum atomic E-state index is 14.7. The smallest absolute Gasteiger partial charge is 0.261 e. The fraction of sp³-hybridized carbons (Fsp3) is 0.208. The highest BCUT2D eigenvalue weighted by atomic mass is 35.5. The van der Waals surface area contributed by atoms with Gasteiger partial charge in [0.05, 0.1) is 39.3 Å². The van der Waals surface area contributed by atoms with Crippen molar-refractivity contribution in [2.24, 2.45) is 0 Å². The number of nitrogens with one attached hydrogen (secondary N) is 1. The number of fused-ring (bicyclic) bond motifs is 1. The van der Waals surface area contributed by atoms with Crippen molar-refractivity contribution in [2.75, 3.05) is 23.3 Å². The van der Waals surface area contributed by atoms with E-state index in [9.17, 15) is 17.9 Å². The van der Waals surface area contributed by atoms with E-state index in [1.54, 1.807) is 7.11 Å². The first kappa shape index (κ1) is 27.2. The maximum Gasteiger partial charge on any atom is 0.261 e. The van der Waals surface area contributed by atoms with Crippen molar-refractivity contribution >= 4 is 73.3 Å². The normalized spacial score (nSPS) is 11.9. The van der Waals surface area contributed by atoms with Gasteiger partial charge >= 0.3 is 0 Å². The molecule has 13 heteroatoms. The fourth-order valence-corrected chi connectivity index (χ4v) is 5.78. The molecule has 1 atom stereocenters. The Hall–Kier alpha value is -2.83. The number of hydrogen-bond acceptors (Lipinski definition) is 6. The standard InChI is InChI=1S/C24H21Cl2FN4O4S2/c1-35-15-7-5-14(6-8-15)4-2-3-11-31(37(33)34)18-10-9-17(27)21(19(18)25)30-24(32)16-12-36-22-20(16)28-13-29-23(22)26/h5-10,12-13H,2-4,11H2,1H3,(H,30,32)(H,33,34). The number of nitrogens with zero attached hydrogens (tertiary/aromatic N) is 3. The van der Waals surface area contributed by atoms with Gasteiger partial charge in [0.1, 0.15) is 23.0 Å². The van der Waals surface area contributed by atoms with Crippen LogP contribution in [0.4, 0.5) is 15.8 Å². The van der Waals surface area contributed by atoms with E-state index in [4.69, 9.17) is 27.9 Å². The molecule has 2 heterocycles. The number of unbranched alkanes of at least 4 members (excludes halogenated alkanes) is 1. The zero-order valence-electron chi connectivity index (χ0n) is 19.4. The molecular weight excluding hydrogens is 562 g/mol. The lowest BCUT2D eigenvalue weighted by Gasteiger charge is -2.22. The Morgan fingerprint density at radius 2 is 1.95 bits per heavy atom. The first-order chi connectivity index (χ1) is 17.8. The second-order valence-corrected chi connectivity index (χ2v) is 10.4. The van der Waals surface area contributed by atoms with Crippen LogP contribution in [-0.2, 0) is 17.7 Å². The average Bonchev–Trinajstić information content (AvgIpc) is 3.33. The van der Waals surface area contributed by atoms with Gasteiger partial charge in [0.25, 0.3) is 17.2 Å². The van der Waals surface area contributed by atoms with Crippen molar-refractivity contribution in [1.29, 1.82) is 0 Å². The number of halogens is 3. The summed E-state index contributed by atoms with van der Waals surface area (Å²) in [5.41, 5.74) is 1.41. The molecule has 2 N–H and O–H groups in total. The number of benzene rings is 2. The third kappa shape index (κ3) is 6.19. The minimum absolute atomic E-state index is 0.115. The zero-order chi connectivity index (χ0) is 26.5. The highest BCUT2D eigenvalue weighted by Gasteiger charge is 2.23. The molecule has 2 aromatic heterocycles. The number of hydrogen-bond donors (Lipinski definition) is 2. The van der Waals surface area contributed by atoms with Crippen molar-refractivity contribution in [1.82, 2.24) is 9.97 Å². The summed E-state index contributed by atoms with van der Waals surface area (Å²) in [5, 5.41) is 4.01. The van der Waals surface area contributed by atoms with Crippen LogP contribution in [0.2, 0.25) is 10.2 Å². The van der Waals surface area contributed by atoms with Crippen molar-refractivity contribution in [3.63, 3.8) is 0 Å². The van der Waals surface area contributed by atoms with Gasteiger partial charge in [-0.2, -0.15) is 0 Å². The zero-order valence-corrected chi connectivity index (χ0v) is 22.6. The summed E-state index contributed by atoms with van der Waals surface area (Å²) in [6, 6.07) is 10.1. The number of aryl methyl sites for hydroxylation is 1. The lowest BCUT2D eigenvalue weighted by atomic mass is 10.1. The van der Waals surface area contributed by atoms with E-state index < -0.39 is 23.0 Å². The van der Waals surface area contributed by atoms with Gasteiger partial charge in [0, 0.05) is 11.9 Å². The molecule has 0 aliphatic heterocycles. The SMILES string of the molecule is COc1ccc(CCCCN(c2ccc(F)c(NC(=O)c3csc4c(Cl)ncnc34)c2Cl)S(=O)O)cc1. The lowest BCUT2D eigenvalue weighted by molar-refractivity contribution is 0.102. The van der Waals surface area contributed by atoms with Crippen LogP contribution in [-0.4, -0.2) is 38.3 Å². The molecule has 0 saturated heterocycles. The number of ether oxygens (including phenoxy) is 1. The van der Waals surface area contributed by atoms with E-state index in [0.717, 1.165) is 34.5 Å². The maximum absolute atomic E-state index is 14.7. The van der Waals surface area contributed by atoms with Gasteiger partial charge in [0.2, 0.25) is 0 Å². The van der Waals surface area contributed by atoms with Crippen molar-refractivity contribution in [2.45, 2.75) is 19.3 Å². The van der Waals surface area contributed by atoms with Crippen molar-refractivity contribution in [3.05, 3.63) is 75.2 Å². The minimum Gasteiger partial charge on any atom is -0.497 e. The van der Waals surface area contributed by atoms with E-state index in [-0.39, 0.29) is 33.7 Å². The molecule has 1 unspecified atom stereocenters. The molecule has 4 rings (SSSR count). The van der Waals surface area contributed by atoms with Crippen LogP contribution in [0.25, 0.3) is 10.2 Å². The quantitative estimate of drug-likeness (QED) is 0.128. The lowest BCUT2D eigenvalue weighted by Crippen LogP contribution is -2.27. The molecule has 0 spiro atoms. The molecule has 0 radical (unpaired) electrons. The van der Waals surface area contributed by atoms with Gasteiger partial charge in [-0.25, -0.2) is 18.6 Å². The van der Waals surface area contributed by atoms with Crippen LogP contribution in [0.15, 0.2) is 48.1 Å². The Kier molecular flexibility index (Phi) is 8.93. The molecule has 0 bridgehead atoms.